The van der Waals surface area contributed by atoms with Crippen LogP contribution in [0.15, 0.2) is 0 Å². The van der Waals surface area contributed by atoms with Gasteiger partial charge < -0.3 is 10.1 Å². The van der Waals surface area contributed by atoms with Crippen LogP contribution in [-0.2, 0) is 9.53 Å². The molecule has 0 aromatic heterocycles. The molecule has 1 amide bonds. The van der Waals surface area contributed by atoms with Gasteiger partial charge in [-0.15, -0.1) is 0 Å². The van der Waals surface area contributed by atoms with Crippen molar-refractivity contribution in [3.63, 3.8) is 0 Å². The Hall–Kier alpha value is -0.570. The highest BCUT2D eigenvalue weighted by Gasteiger charge is 2.40. The zero-order valence-electron chi connectivity index (χ0n) is 10.3. The quantitative estimate of drug-likeness (QED) is 0.758. The molecule has 1 saturated heterocycles. The van der Waals surface area contributed by atoms with Crippen LogP contribution in [0.4, 0.5) is 0 Å². The van der Waals surface area contributed by atoms with Gasteiger partial charge in [-0.25, -0.2) is 0 Å². The Morgan fingerprint density at radius 3 is 2.53 bits per heavy atom. The Morgan fingerprint density at radius 1 is 1.47 bits per heavy atom. The van der Waals surface area contributed by atoms with Crippen molar-refractivity contribution in [1.29, 1.82) is 0 Å². The summed E-state index contributed by atoms with van der Waals surface area (Å²) >= 11 is 0. The van der Waals surface area contributed by atoms with E-state index in [1.165, 1.54) is 0 Å². The molecule has 15 heavy (non-hydrogen) atoms. The minimum atomic E-state index is 0.00896. The molecule has 0 saturated carbocycles. The Kier molecular flexibility index (Phi) is 4.14. The number of hydrogen-bond donors (Lipinski definition) is 1. The number of carbonyl (C=O) groups excluding carboxylic acids is 1. The van der Waals surface area contributed by atoms with Crippen molar-refractivity contribution in [1.82, 2.24) is 5.32 Å². The molecule has 1 fully saturated rings. The van der Waals surface area contributed by atoms with Crippen molar-refractivity contribution in [3.05, 3.63) is 0 Å². The normalized spacial score (nSPS) is 28.2. The molecule has 2 atom stereocenters. The topological polar surface area (TPSA) is 38.3 Å². The van der Waals surface area contributed by atoms with Gasteiger partial charge in [0.15, 0.2) is 0 Å². The zero-order valence-corrected chi connectivity index (χ0v) is 10.3. The lowest BCUT2D eigenvalue weighted by Gasteiger charge is -2.35. The number of amides is 1. The Labute approximate surface area is 92.6 Å². The Balaban J connectivity index is 2.62. The largest absolute Gasteiger partial charge is 0.384 e. The minimum Gasteiger partial charge on any atom is -0.384 e. The first kappa shape index (κ1) is 12.5. The molecule has 3 heteroatoms. The van der Waals surface area contributed by atoms with Crippen LogP contribution in [0.3, 0.4) is 0 Å². The highest BCUT2D eigenvalue weighted by atomic mass is 16.5. The van der Waals surface area contributed by atoms with Crippen molar-refractivity contribution >= 4 is 5.91 Å². The number of hydrogen-bond acceptors (Lipinski definition) is 2. The number of ether oxygens (including phenoxy) is 1. The molecule has 3 nitrogen and oxygen atoms in total. The molecule has 88 valence electrons. The molecule has 1 aliphatic rings. The fourth-order valence-corrected chi connectivity index (χ4v) is 2.53. The molecule has 1 N–H and O–H groups in total. The lowest BCUT2D eigenvalue weighted by molar-refractivity contribution is -0.120. The van der Waals surface area contributed by atoms with E-state index in [0.29, 0.717) is 18.3 Å². The van der Waals surface area contributed by atoms with E-state index in [9.17, 15) is 4.79 Å². The first-order valence-corrected chi connectivity index (χ1v) is 5.80. The highest BCUT2D eigenvalue weighted by Crippen LogP contribution is 2.34. The summed E-state index contributed by atoms with van der Waals surface area (Å²) in [6.45, 7) is 7.32. The molecule has 0 bridgehead atoms. The van der Waals surface area contributed by atoms with Crippen LogP contribution in [0.25, 0.3) is 0 Å². The molecule has 1 aliphatic heterocycles. The predicted molar refractivity (Wildman–Crippen MR) is 60.6 cm³/mol. The maximum absolute atomic E-state index is 11.4. The molecule has 0 spiro atoms. The maximum atomic E-state index is 11.4. The van der Waals surface area contributed by atoms with Crippen LogP contribution in [0, 0.1) is 11.8 Å². The van der Waals surface area contributed by atoms with Gasteiger partial charge in [0, 0.05) is 25.7 Å². The summed E-state index contributed by atoms with van der Waals surface area (Å²) in [5.74, 6) is 1.19. The summed E-state index contributed by atoms with van der Waals surface area (Å²) in [5, 5.41) is 3.16. The highest BCUT2D eigenvalue weighted by molar-refractivity contribution is 5.79. The molecule has 0 radical (unpaired) electrons. The van der Waals surface area contributed by atoms with Crippen LogP contribution in [-0.4, -0.2) is 25.2 Å². The number of methoxy groups -OCH3 is 1. The van der Waals surface area contributed by atoms with Gasteiger partial charge in [-0.3, -0.25) is 4.79 Å². The van der Waals surface area contributed by atoms with E-state index in [0.717, 1.165) is 19.4 Å². The minimum absolute atomic E-state index is 0.00896. The van der Waals surface area contributed by atoms with E-state index >= 15 is 0 Å². The van der Waals surface area contributed by atoms with Crippen molar-refractivity contribution in [2.75, 3.05) is 13.7 Å². The van der Waals surface area contributed by atoms with Crippen molar-refractivity contribution in [3.8, 4) is 0 Å². The third-order valence-electron chi connectivity index (χ3n) is 3.46. The van der Waals surface area contributed by atoms with Crippen LogP contribution < -0.4 is 5.32 Å². The van der Waals surface area contributed by atoms with Crippen molar-refractivity contribution in [2.24, 2.45) is 11.8 Å². The van der Waals surface area contributed by atoms with Gasteiger partial charge in [0.25, 0.3) is 0 Å². The molecule has 0 aliphatic carbocycles. The molecular weight excluding hydrogens is 190 g/mol. The van der Waals surface area contributed by atoms with E-state index in [-0.39, 0.29) is 11.4 Å². The van der Waals surface area contributed by atoms with E-state index in [1.807, 2.05) is 0 Å². The fraction of sp³-hybridized carbons (Fsp3) is 0.917. The first-order valence-electron chi connectivity index (χ1n) is 5.80. The average molecular weight is 213 g/mol. The van der Waals surface area contributed by atoms with Crippen molar-refractivity contribution in [2.45, 2.75) is 45.6 Å². The van der Waals surface area contributed by atoms with Gasteiger partial charge in [0.1, 0.15) is 0 Å². The molecule has 2 unspecified atom stereocenters. The molecule has 1 rings (SSSR count). The summed E-state index contributed by atoms with van der Waals surface area (Å²) in [5.41, 5.74) is 0.00896. The maximum Gasteiger partial charge on any atom is 0.220 e. The zero-order chi connectivity index (χ0) is 11.5. The van der Waals surface area contributed by atoms with E-state index in [1.54, 1.807) is 7.11 Å². The van der Waals surface area contributed by atoms with Crippen molar-refractivity contribution < 1.29 is 9.53 Å². The average Bonchev–Trinajstić information content (AvgIpc) is 2.49. The van der Waals surface area contributed by atoms with E-state index in [2.05, 4.69) is 26.1 Å². The second-order valence-corrected chi connectivity index (χ2v) is 5.12. The number of nitrogens with one attached hydrogen (secondary N) is 1. The van der Waals surface area contributed by atoms with Crippen LogP contribution in [0.1, 0.15) is 40.0 Å². The lowest BCUT2D eigenvalue weighted by atomic mass is 9.78. The smallest absolute Gasteiger partial charge is 0.220 e. The summed E-state index contributed by atoms with van der Waals surface area (Å²) in [6, 6.07) is 0. The number of carbonyl (C=O) groups is 1. The van der Waals surface area contributed by atoms with Gasteiger partial charge in [-0.1, -0.05) is 20.8 Å². The summed E-state index contributed by atoms with van der Waals surface area (Å²) < 4.78 is 5.15. The first-order chi connectivity index (χ1) is 7.00. The Morgan fingerprint density at radius 2 is 2.13 bits per heavy atom. The standard InChI is InChI=1S/C12H23NO2/c1-9(2)12(6-5-11(14)13-12)7-10(3)8-15-4/h9-10H,5-8H2,1-4H3,(H,13,14). The van der Waals surface area contributed by atoms with Gasteiger partial charge >= 0.3 is 0 Å². The Bertz CT molecular complexity index is 228. The van der Waals surface area contributed by atoms with Gasteiger partial charge in [0.2, 0.25) is 5.91 Å². The van der Waals surface area contributed by atoms with Crippen LogP contribution >= 0.6 is 0 Å². The van der Waals surface area contributed by atoms with Crippen LogP contribution in [0.2, 0.25) is 0 Å². The predicted octanol–water partition coefficient (Wildman–Crippen LogP) is 1.96. The summed E-state index contributed by atoms with van der Waals surface area (Å²) in [7, 11) is 1.73. The van der Waals surface area contributed by atoms with Gasteiger partial charge in [-0.05, 0) is 24.7 Å². The molecular formula is C12H23NO2. The van der Waals surface area contributed by atoms with E-state index < -0.39 is 0 Å². The molecule has 1 heterocycles. The van der Waals surface area contributed by atoms with Gasteiger partial charge in [-0.2, -0.15) is 0 Å². The summed E-state index contributed by atoms with van der Waals surface area (Å²) in [6.07, 6.45) is 2.67. The van der Waals surface area contributed by atoms with Crippen LogP contribution in [0.5, 0.6) is 0 Å². The SMILES string of the molecule is COCC(C)CC1(C(C)C)CCC(=O)N1. The van der Waals surface area contributed by atoms with Gasteiger partial charge in [0.05, 0.1) is 0 Å². The lowest BCUT2D eigenvalue weighted by Crippen LogP contribution is -2.47. The third-order valence-corrected chi connectivity index (χ3v) is 3.46. The second-order valence-electron chi connectivity index (χ2n) is 5.12. The van der Waals surface area contributed by atoms with E-state index in [4.69, 9.17) is 4.74 Å². The molecule has 0 aromatic rings. The fourth-order valence-electron chi connectivity index (χ4n) is 2.53. The number of rotatable bonds is 5. The summed E-state index contributed by atoms with van der Waals surface area (Å²) in [4.78, 5) is 11.4. The second kappa shape index (κ2) is 4.97. The molecule has 0 aromatic carbocycles. The third kappa shape index (κ3) is 2.94. The monoisotopic (exact) mass is 213 g/mol.